The van der Waals surface area contributed by atoms with Gasteiger partial charge >= 0.3 is 0 Å². The zero-order valence-corrected chi connectivity index (χ0v) is 27.9. The molecule has 2 aromatic heterocycles. The summed E-state index contributed by atoms with van der Waals surface area (Å²) in [6, 6.07) is 18.0. The number of amides is 1. The molecule has 44 heavy (non-hydrogen) atoms. The maximum absolute atomic E-state index is 12.9. The number of nitrogens with one attached hydrogen (secondary N) is 1. The third-order valence-electron chi connectivity index (χ3n) is 8.59. The highest BCUT2D eigenvalue weighted by Crippen LogP contribution is 2.37. The summed E-state index contributed by atoms with van der Waals surface area (Å²) in [5, 5.41) is 7.92. The van der Waals surface area contributed by atoms with Crippen molar-refractivity contribution in [1.82, 2.24) is 20.1 Å². The Morgan fingerprint density at radius 2 is 1.68 bits per heavy atom. The first-order valence-electron chi connectivity index (χ1n) is 15.4. The summed E-state index contributed by atoms with van der Waals surface area (Å²) in [5.74, 6) is 1.84. The molecule has 0 radical (unpaired) electrons. The molecule has 0 aliphatic carbocycles. The minimum absolute atomic E-state index is 0.117. The first kappa shape index (κ1) is 31.5. The Labute approximate surface area is 261 Å². The fourth-order valence-corrected chi connectivity index (χ4v) is 6.05. The largest absolute Gasteiger partial charge is 0.491 e. The topological polar surface area (TPSA) is 87.5 Å². The molecule has 0 saturated heterocycles. The van der Waals surface area contributed by atoms with E-state index < -0.39 is 8.32 Å². The zero-order chi connectivity index (χ0) is 31.5. The number of nitrogens with zero attached hydrogens (tertiary/aromatic N) is 3. The normalized spacial score (nSPS) is 13.5. The van der Waals surface area contributed by atoms with Gasteiger partial charge in [0.2, 0.25) is 0 Å². The predicted octanol–water partition coefficient (Wildman–Crippen LogP) is 7.46. The smallest absolute Gasteiger partial charge is 0.270 e. The van der Waals surface area contributed by atoms with Crippen molar-refractivity contribution in [2.45, 2.75) is 71.8 Å². The van der Waals surface area contributed by atoms with Crippen LogP contribution in [-0.4, -0.2) is 48.7 Å². The lowest BCUT2D eigenvalue weighted by molar-refractivity contribution is 0.0925. The van der Waals surface area contributed by atoms with Crippen LogP contribution in [0.2, 0.25) is 18.1 Å². The monoisotopic (exact) mass is 612 g/mol. The second kappa shape index (κ2) is 13.0. The number of rotatable bonds is 11. The minimum Gasteiger partial charge on any atom is -0.491 e. The Morgan fingerprint density at radius 1 is 0.955 bits per heavy atom. The molecule has 232 valence electrons. The predicted molar refractivity (Wildman–Crippen MR) is 177 cm³/mol. The molecule has 5 rings (SSSR count). The molecule has 1 aliphatic rings. The van der Waals surface area contributed by atoms with Crippen LogP contribution in [0, 0.1) is 0 Å². The number of hydrogen-bond acceptors (Lipinski definition) is 6. The van der Waals surface area contributed by atoms with E-state index in [-0.39, 0.29) is 10.9 Å². The molecule has 2 aromatic carbocycles. The van der Waals surface area contributed by atoms with Gasteiger partial charge in [-0.2, -0.15) is 5.10 Å². The van der Waals surface area contributed by atoms with Crippen molar-refractivity contribution in [2.24, 2.45) is 0 Å². The summed E-state index contributed by atoms with van der Waals surface area (Å²) in [6.07, 6.45) is 3.48. The van der Waals surface area contributed by atoms with Crippen molar-refractivity contribution >= 4 is 14.2 Å². The number of pyridine rings is 1. The molecule has 0 spiro atoms. The van der Waals surface area contributed by atoms with Gasteiger partial charge in [0.1, 0.15) is 36.1 Å². The molecule has 0 fully saturated rings. The van der Waals surface area contributed by atoms with E-state index in [1.807, 2.05) is 36.4 Å². The maximum atomic E-state index is 12.9. The van der Waals surface area contributed by atoms with E-state index in [1.54, 1.807) is 17.1 Å². The summed E-state index contributed by atoms with van der Waals surface area (Å²) < 4.78 is 20.6. The number of fused-ring (bicyclic) bond motifs is 1. The molecule has 8 nitrogen and oxygen atoms in total. The Balaban J connectivity index is 1.29. The summed E-state index contributed by atoms with van der Waals surface area (Å²) in [6.45, 7) is 18.3. The van der Waals surface area contributed by atoms with Gasteiger partial charge in [-0.3, -0.25) is 14.5 Å². The number of ether oxygens (including phenoxy) is 2. The van der Waals surface area contributed by atoms with Crippen LogP contribution in [-0.2, 0) is 17.6 Å². The second-order valence-corrected chi connectivity index (χ2v) is 17.9. The second-order valence-electron chi connectivity index (χ2n) is 13.1. The quantitative estimate of drug-likeness (QED) is 0.140. The number of carbonyl (C=O) groups excluding carboxylic acids is 1. The van der Waals surface area contributed by atoms with E-state index in [9.17, 15) is 4.79 Å². The first-order chi connectivity index (χ1) is 20.9. The first-order valence-corrected chi connectivity index (χ1v) is 18.3. The average Bonchev–Trinajstić information content (AvgIpc) is 3.39. The Bertz CT molecular complexity index is 1590. The van der Waals surface area contributed by atoms with E-state index >= 15 is 0 Å². The molecule has 1 amide bonds. The van der Waals surface area contributed by atoms with Gasteiger partial charge in [-0.1, -0.05) is 58.9 Å². The van der Waals surface area contributed by atoms with E-state index in [4.69, 9.17) is 19.0 Å². The van der Waals surface area contributed by atoms with Crippen molar-refractivity contribution < 1.29 is 18.7 Å². The average molecular weight is 613 g/mol. The number of carbonyl (C=O) groups is 1. The Kier molecular flexibility index (Phi) is 9.27. The number of aromatic nitrogens is 3. The summed E-state index contributed by atoms with van der Waals surface area (Å²) in [7, 11) is -1.82. The molecular formula is C35H44N4O4Si. The number of benzene rings is 2. The summed E-state index contributed by atoms with van der Waals surface area (Å²) in [5.41, 5.74) is 6.16. The van der Waals surface area contributed by atoms with Gasteiger partial charge in [0.05, 0.1) is 13.2 Å². The third kappa shape index (κ3) is 6.89. The SMILES string of the molecule is CC(C)c1ccc(COc2ccc(-c3c(-c4ccncc4)nn4c3C(=O)NCC4)cc2)cc1OCCO[Si](C)(C)C(C)(C)C. The molecule has 1 N–H and O–H groups in total. The Hall–Kier alpha value is -3.95. The van der Waals surface area contributed by atoms with Gasteiger partial charge in [-0.25, -0.2) is 0 Å². The van der Waals surface area contributed by atoms with Crippen molar-refractivity contribution in [3.63, 3.8) is 0 Å². The van der Waals surface area contributed by atoms with E-state index in [0.29, 0.717) is 44.5 Å². The van der Waals surface area contributed by atoms with E-state index in [0.717, 1.165) is 39.4 Å². The lowest BCUT2D eigenvalue weighted by atomic mass is 9.98. The summed E-state index contributed by atoms with van der Waals surface area (Å²) in [4.78, 5) is 17.0. The molecule has 3 heterocycles. The molecule has 1 aliphatic heterocycles. The van der Waals surface area contributed by atoms with Crippen LogP contribution in [0.25, 0.3) is 22.4 Å². The van der Waals surface area contributed by atoms with Crippen LogP contribution in [0.4, 0.5) is 0 Å². The fraction of sp³-hybridized carbons (Fsp3) is 0.400. The zero-order valence-electron chi connectivity index (χ0n) is 26.9. The van der Waals surface area contributed by atoms with Gasteiger partial charge in [0.15, 0.2) is 8.32 Å². The lowest BCUT2D eigenvalue weighted by Gasteiger charge is -2.36. The van der Waals surface area contributed by atoms with Crippen molar-refractivity contribution in [1.29, 1.82) is 0 Å². The fourth-order valence-electron chi connectivity index (χ4n) is 5.02. The van der Waals surface area contributed by atoms with Gasteiger partial charge < -0.3 is 19.2 Å². The highest BCUT2D eigenvalue weighted by Gasteiger charge is 2.37. The highest BCUT2D eigenvalue weighted by molar-refractivity contribution is 6.74. The molecule has 0 atom stereocenters. The van der Waals surface area contributed by atoms with Crippen LogP contribution in [0.15, 0.2) is 67.0 Å². The number of hydrogen-bond donors (Lipinski definition) is 1. The third-order valence-corrected chi connectivity index (χ3v) is 13.1. The van der Waals surface area contributed by atoms with Crippen molar-refractivity contribution in [2.75, 3.05) is 19.8 Å². The van der Waals surface area contributed by atoms with E-state index in [1.165, 1.54) is 5.56 Å². The molecule has 0 saturated carbocycles. The standard InChI is InChI=1S/C35H44N4O4Si/c1-24(2)29-13-8-25(22-30(29)41-20-21-43-44(6,7)35(3,4)5)23-42-28-11-9-26(10-12-28)31-32(27-14-16-36-17-15-27)38-39-19-18-37-34(40)33(31)39/h8-17,22,24H,18-21,23H2,1-7H3,(H,37,40). The van der Waals surface area contributed by atoms with Crippen LogP contribution in [0.1, 0.15) is 62.2 Å². The Morgan fingerprint density at radius 3 is 2.36 bits per heavy atom. The molecular weight excluding hydrogens is 568 g/mol. The molecule has 0 unspecified atom stereocenters. The minimum atomic E-state index is -1.82. The van der Waals surface area contributed by atoms with Gasteiger partial charge in [0.25, 0.3) is 5.91 Å². The van der Waals surface area contributed by atoms with Crippen LogP contribution < -0.4 is 14.8 Å². The molecule has 0 bridgehead atoms. The maximum Gasteiger partial charge on any atom is 0.270 e. The highest BCUT2D eigenvalue weighted by atomic mass is 28.4. The van der Waals surface area contributed by atoms with Gasteiger partial charge in [0, 0.05) is 30.1 Å². The van der Waals surface area contributed by atoms with E-state index in [2.05, 4.69) is 76.2 Å². The van der Waals surface area contributed by atoms with Crippen LogP contribution >= 0.6 is 0 Å². The van der Waals surface area contributed by atoms with Gasteiger partial charge in [-0.15, -0.1) is 0 Å². The molecule has 4 aromatic rings. The summed E-state index contributed by atoms with van der Waals surface area (Å²) >= 11 is 0. The van der Waals surface area contributed by atoms with Crippen LogP contribution in [0.5, 0.6) is 11.5 Å². The van der Waals surface area contributed by atoms with Gasteiger partial charge in [-0.05, 0) is 71.1 Å². The van der Waals surface area contributed by atoms with Crippen molar-refractivity contribution in [3.05, 3.63) is 83.8 Å². The van der Waals surface area contributed by atoms with Crippen LogP contribution in [0.3, 0.4) is 0 Å². The van der Waals surface area contributed by atoms with Crippen molar-refractivity contribution in [3.8, 4) is 33.9 Å². The molecule has 9 heteroatoms. The lowest BCUT2D eigenvalue weighted by Crippen LogP contribution is -2.41.